The van der Waals surface area contributed by atoms with Crippen molar-refractivity contribution in [1.82, 2.24) is 24.8 Å². The number of hydrogen-bond acceptors (Lipinski definition) is 5. The molecule has 0 bridgehead atoms. The molecule has 1 saturated heterocycles. The van der Waals surface area contributed by atoms with Crippen LogP contribution in [-0.2, 0) is 13.2 Å². The molecule has 3 aromatic heterocycles. The number of nitrogens with zero attached hydrogens (tertiary/aromatic N) is 5. The zero-order chi connectivity index (χ0) is 22.5. The molecule has 0 saturated carbocycles. The van der Waals surface area contributed by atoms with E-state index in [4.69, 9.17) is 4.52 Å². The van der Waals surface area contributed by atoms with Gasteiger partial charge in [0.15, 0.2) is 0 Å². The van der Waals surface area contributed by atoms with Crippen LogP contribution in [0.1, 0.15) is 71.5 Å². The third kappa shape index (κ3) is 3.79. The Kier molecular flexibility index (Phi) is 5.26. The molecule has 0 spiro atoms. The van der Waals surface area contributed by atoms with Crippen molar-refractivity contribution >= 4 is 17.0 Å². The SMILES string of the molecule is Cc1c(C(=O)N2CCC[C@H](c3noc4nc(C(C)C)cc(C(F)(F)F)c34)C2)cnn1C. The van der Waals surface area contributed by atoms with Crippen molar-refractivity contribution in [3.8, 4) is 0 Å². The van der Waals surface area contributed by atoms with Gasteiger partial charge in [-0.3, -0.25) is 9.48 Å². The van der Waals surface area contributed by atoms with Gasteiger partial charge in [0.1, 0.15) is 0 Å². The van der Waals surface area contributed by atoms with Crippen molar-refractivity contribution in [2.75, 3.05) is 13.1 Å². The summed E-state index contributed by atoms with van der Waals surface area (Å²) < 4.78 is 48.5. The largest absolute Gasteiger partial charge is 0.417 e. The normalized spacial score (nSPS) is 17.7. The van der Waals surface area contributed by atoms with Gasteiger partial charge in [0.05, 0.1) is 28.4 Å². The summed E-state index contributed by atoms with van der Waals surface area (Å²) in [5.74, 6) is -0.743. The molecule has 1 aliphatic rings. The molecule has 4 rings (SSSR count). The van der Waals surface area contributed by atoms with Crippen LogP contribution in [0.2, 0.25) is 0 Å². The van der Waals surface area contributed by atoms with Gasteiger partial charge in [-0.2, -0.15) is 18.3 Å². The number of amides is 1. The molecule has 0 N–H and O–H groups in total. The maximum Gasteiger partial charge on any atom is 0.417 e. The first kappa shape index (κ1) is 21.3. The molecule has 1 atom stereocenters. The molecule has 0 unspecified atom stereocenters. The van der Waals surface area contributed by atoms with E-state index in [1.807, 2.05) is 0 Å². The second-order valence-corrected chi connectivity index (χ2v) is 8.35. The molecule has 166 valence electrons. The van der Waals surface area contributed by atoms with Crippen molar-refractivity contribution in [1.29, 1.82) is 0 Å². The Morgan fingerprint density at radius 2 is 2.06 bits per heavy atom. The molecule has 4 heterocycles. The fraction of sp³-hybridized carbons (Fsp3) is 0.524. The standard InChI is InChI=1S/C21H24F3N5O2/c1-11(2)16-8-15(21(22,23)24)17-18(27-31-19(17)26-16)13-6-5-7-29(10-13)20(30)14-9-25-28(4)12(14)3/h8-9,11,13H,5-7,10H2,1-4H3/t13-/m0/s1. The van der Waals surface area contributed by atoms with Gasteiger partial charge in [0.2, 0.25) is 0 Å². The number of aryl methyl sites for hydroxylation is 1. The van der Waals surface area contributed by atoms with E-state index in [-0.39, 0.29) is 41.1 Å². The lowest BCUT2D eigenvalue weighted by atomic mass is 9.91. The minimum atomic E-state index is -4.57. The number of pyridine rings is 1. The Morgan fingerprint density at radius 1 is 1.32 bits per heavy atom. The fourth-order valence-electron chi connectivity index (χ4n) is 4.05. The predicted octanol–water partition coefficient (Wildman–Crippen LogP) is 4.43. The summed E-state index contributed by atoms with van der Waals surface area (Å²) in [4.78, 5) is 18.9. The summed E-state index contributed by atoms with van der Waals surface area (Å²) in [6, 6.07) is 1.08. The van der Waals surface area contributed by atoms with Crippen LogP contribution in [-0.4, -0.2) is 43.8 Å². The van der Waals surface area contributed by atoms with Crippen LogP contribution in [0, 0.1) is 6.92 Å². The predicted molar refractivity (Wildman–Crippen MR) is 107 cm³/mol. The van der Waals surface area contributed by atoms with Gasteiger partial charge < -0.3 is 9.42 Å². The lowest BCUT2D eigenvalue weighted by Crippen LogP contribution is -2.39. The van der Waals surface area contributed by atoms with Crippen LogP contribution >= 0.6 is 0 Å². The zero-order valence-corrected chi connectivity index (χ0v) is 17.8. The van der Waals surface area contributed by atoms with Crippen LogP contribution in [0.25, 0.3) is 11.1 Å². The van der Waals surface area contributed by atoms with Crippen molar-refractivity contribution in [2.45, 2.75) is 51.6 Å². The van der Waals surface area contributed by atoms with Crippen molar-refractivity contribution in [2.24, 2.45) is 7.05 Å². The van der Waals surface area contributed by atoms with E-state index in [9.17, 15) is 18.0 Å². The van der Waals surface area contributed by atoms with E-state index in [0.29, 0.717) is 30.6 Å². The average Bonchev–Trinajstić information content (AvgIpc) is 3.29. The number of hydrogen-bond donors (Lipinski definition) is 0. The first-order chi connectivity index (χ1) is 14.6. The highest BCUT2D eigenvalue weighted by Crippen LogP contribution is 2.40. The summed E-state index contributed by atoms with van der Waals surface area (Å²) in [6.07, 6.45) is -1.78. The molecule has 3 aromatic rings. The Bertz CT molecular complexity index is 1130. The van der Waals surface area contributed by atoms with Gasteiger partial charge in [0.25, 0.3) is 11.6 Å². The van der Waals surface area contributed by atoms with Crippen molar-refractivity contribution in [3.63, 3.8) is 0 Å². The van der Waals surface area contributed by atoms with Crippen LogP contribution < -0.4 is 0 Å². The van der Waals surface area contributed by atoms with Crippen LogP contribution in [0.4, 0.5) is 13.2 Å². The summed E-state index contributed by atoms with van der Waals surface area (Å²) in [5, 5.41) is 8.00. The molecule has 1 aliphatic heterocycles. The van der Waals surface area contributed by atoms with E-state index in [0.717, 1.165) is 11.8 Å². The van der Waals surface area contributed by atoms with E-state index in [1.165, 1.54) is 6.20 Å². The van der Waals surface area contributed by atoms with Crippen molar-refractivity contribution < 1.29 is 22.5 Å². The van der Waals surface area contributed by atoms with Crippen molar-refractivity contribution in [3.05, 3.63) is 40.5 Å². The third-order valence-corrected chi connectivity index (χ3v) is 5.95. The number of carbonyl (C=O) groups excluding carboxylic acids is 1. The second-order valence-electron chi connectivity index (χ2n) is 8.35. The number of alkyl halides is 3. The summed E-state index contributed by atoms with van der Waals surface area (Å²) in [6.45, 7) is 6.15. The quantitative estimate of drug-likeness (QED) is 0.608. The average molecular weight is 435 g/mol. The molecule has 0 aliphatic carbocycles. The highest BCUT2D eigenvalue weighted by Gasteiger charge is 2.38. The summed E-state index contributed by atoms with van der Waals surface area (Å²) in [5.41, 5.74) is 0.848. The fourth-order valence-corrected chi connectivity index (χ4v) is 4.05. The molecule has 1 amide bonds. The first-order valence-corrected chi connectivity index (χ1v) is 10.2. The highest BCUT2D eigenvalue weighted by atomic mass is 19.4. The van der Waals surface area contributed by atoms with Crippen LogP contribution in [0.3, 0.4) is 0 Å². The highest BCUT2D eigenvalue weighted by molar-refractivity contribution is 5.95. The summed E-state index contributed by atoms with van der Waals surface area (Å²) in [7, 11) is 1.75. The van der Waals surface area contributed by atoms with E-state index in [1.54, 1.807) is 37.4 Å². The number of likely N-dealkylation sites (tertiary alicyclic amines) is 1. The lowest BCUT2D eigenvalue weighted by molar-refractivity contribution is -0.136. The Balaban J connectivity index is 1.71. The van der Waals surface area contributed by atoms with Crippen LogP contribution in [0.15, 0.2) is 16.8 Å². The van der Waals surface area contributed by atoms with E-state index in [2.05, 4.69) is 15.2 Å². The number of rotatable bonds is 3. The maximum absolute atomic E-state index is 13.9. The van der Waals surface area contributed by atoms with Gasteiger partial charge in [-0.25, -0.2) is 4.98 Å². The van der Waals surface area contributed by atoms with Crippen LogP contribution in [0.5, 0.6) is 0 Å². The zero-order valence-electron chi connectivity index (χ0n) is 17.8. The van der Waals surface area contributed by atoms with E-state index >= 15 is 0 Å². The molecule has 1 fully saturated rings. The lowest BCUT2D eigenvalue weighted by Gasteiger charge is -2.32. The number of halogens is 3. The Morgan fingerprint density at radius 3 is 2.68 bits per heavy atom. The Hall–Kier alpha value is -2.91. The maximum atomic E-state index is 13.9. The minimum Gasteiger partial charge on any atom is -0.338 e. The number of fused-ring (bicyclic) bond motifs is 1. The van der Waals surface area contributed by atoms with Gasteiger partial charge in [-0.15, -0.1) is 0 Å². The number of aromatic nitrogens is 4. The smallest absolute Gasteiger partial charge is 0.338 e. The van der Waals surface area contributed by atoms with Gasteiger partial charge in [-0.05, 0) is 31.7 Å². The van der Waals surface area contributed by atoms with Gasteiger partial charge in [0, 0.05) is 37.4 Å². The number of piperidine rings is 1. The molecule has 7 nitrogen and oxygen atoms in total. The first-order valence-electron chi connectivity index (χ1n) is 10.2. The third-order valence-electron chi connectivity index (χ3n) is 5.95. The Labute approximate surface area is 177 Å². The molecule has 0 radical (unpaired) electrons. The van der Waals surface area contributed by atoms with Gasteiger partial charge >= 0.3 is 6.18 Å². The molecule has 0 aromatic carbocycles. The van der Waals surface area contributed by atoms with Gasteiger partial charge in [-0.1, -0.05) is 19.0 Å². The molecule has 31 heavy (non-hydrogen) atoms. The summed E-state index contributed by atoms with van der Waals surface area (Å²) >= 11 is 0. The molecular formula is C21H24F3N5O2. The topological polar surface area (TPSA) is 77.1 Å². The van der Waals surface area contributed by atoms with E-state index < -0.39 is 11.7 Å². The second kappa shape index (κ2) is 7.65. The minimum absolute atomic E-state index is 0.103. The number of carbonyl (C=O) groups is 1. The molecular weight excluding hydrogens is 411 g/mol. The molecule has 10 heteroatoms. The monoisotopic (exact) mass is 435 g/mol.